The van der Waals surface area contributed by atoms with Gasteiger partial charge in [0.05, 0.1) is 19.6 Å². The minimum absolute atomic E-state index is 0.104. The third kappa shape index (κ3) is 4.65. The van der Waals surface area contributed by atoms with Crippen LogP contribution < -0.4 is 15.4 Å². The molecule has 37 heavy (non-hydrogen) atoms. The van der Waals surface area contributed by atoms with Crippen molar-refractivity contribution in [2.45, 2.75) is 57.3 Å². The number of aryl methyl sites for hydroxylation is 2. The zero-order valence-electron chi connectivity index (χ0n) is 21.3. The van der Waals surface area contributed by atoms with E-state index in [0.29, 0.717) is 30.7 Å². The Morgan fingerprint density at radius 2 is 1.92 bits per heavy atom. The number of ether oxygens (including phenoxy) is 1. The Kier molecular flexibility index (Phi) is 6.62. The summed E-state index contributed by atoms with van der Waals surface area (Å²) in [5.74, 6) is -0.263. The number of para-hydroxylation sites is 1. The van der Waals surface area contributed by atoms with E-state index in [1.54, 1.807) is 23.0 Å². The molecule has 3 heterocycles. The highest BCUT2D eigenvalue weighted by atomic mass is 16.5. The molecule has 0 spiro atoms. The first-order chi connectivity index (χ1) is 17.8. The van der Waals surface area contributed by atoms with Gasteiger partial charge in [-0.15, -0.1) is 0 Å². The molecule has 5 rings (SSSR count). The first kappa shape index (κ1) is 24.8. The summed E-state index contributed by atoms with van der Waals surface area (Å²) in [5.41, 5.74) is 3.18. The van der Waals surface area contributed by atoms with Crippen molar-refractivity contribution < 1.29 is 23.9 Å². The van der Waals surface area contributed by atoms with Crippen molar-refractivity contribution in [2.75, 3.05) is 20.2 Å². The normalized spacial score (nSPS) is 24.7. The van der Waals surface area contributed by atoms with Crippen LogP contribution in [0.3, 0.4) is 0 Å². The van der Waals surface area contributed by atoms with E-state index in [-0.39, 0.29) is 42.6 Å². The van der Waals surface area contributed by atoms with Crippen LogP contribution in [-0.4, -0.2) is 77.8 Å². The highest BCUT2D eigenvalue weighted by Crippen LogP contribution is 2.30. The van der Waals surface area contributed by atoms with E-state index >= 15 is 0 Å². The molecule has 194 valence electrons. The molecule has 3 aliphatic heterocycles. The van der Waals surface area contributed by atoms with Crippen molar-refractivity contribution in [1.82, 2.24) is 20.4 Å². The highest BCUT2D eigenvalue weighted by molar-refractivity contribution is 5.98. The molecule has 3 saturated heterocycles. The van der Waals surface area contributed by atoms with E-state index < -0.39 is 18.1 Å². The number of hydrogen-bond acceptors (Lipinski definition) is 5. The standard InChI is InChI=1S/C28H32N4O5/c1-16-8-9-17(2)20(12-16)26(34)29-19-14-22-27(35)30-21-10-11-31(25(21)28(36)32(22)15-19)24(33)13-18-6-4-5-7-23(18)37-3/h4-9,12,19,21-22,25H,10-11,13-15H2,1-3H3,(H,29,34)(H,30,35). The number of rotatable bonds is 5. The van der Waals surface area contributed by atoms with Gasteiger partial charge < -0.3 is 25.2 Å². The van der Waals surface area contributed by atoms with Crippen LogP contribution in [-0.2, 0) is 20.8 Å². The third-order valence-electron chi connectivity index (χ3n) is 7.69. The van der Waals surface area contributed by atoms with Gasteiger partial charge in [0, 0.05) is 30.3 Å². The van der Waals surface area contributed by atoms with Crippen LogP contribution in [0.25, 0.3) is 0 Å². The molecule has 4 unspecified atom stereocenters. The van der Waals surface area contributed by atoms with Crippen LogP contribution in [0.4, 0.5) is 0 Å². The lowest BCUT2D eigenvalue weighted by atomic mass is 10.0. The van der Waals surface area contributed by atoms with Crippen LogP contribution in [0.15, 0.2) is 42.5 Å². The maximum absolute atomic E-state index is 13.7. The van der Waals surface area contributed by atoms with Gasteiger partial charge in [0.1, 0.15) is 17.8 Å². The number of hydrogen-bond donors (Lipinski definition) is 2. The molecule has 3 aliphatic rings. The lowest BCUT2D eigenvalue weighted by Gasteiger charge is -2.29. The molecule has 2 aromatic rings. The summed E-state index contributed by atoms with van der Waals surface area (Å²) >= 11 is 0. The molecule has 0 aromatic heterocycles. The predicted molar refractivity (Wildman–Crippen MR) is 136 cm³/mol. The average molecular weight is 505 g/mol. The molecular weight excluding hydrogens is 472 g/mol. The second kappa shape index (κ2) is 9.88. The van der Waals surface area contributed by atoms with Crippen molar-refractivity contribution in [1.29, 1.82) is 0 Å². The molecule has 9 nitrogen and oxygen atoms in total. The number of nitrogens with zero attached hydrogens (tertiary/aromatic N) is 2. The zero-order chi connectivity index (χ0) is 26.3. The van der Waals surface area contributed by atoms with Gasteiger partial charge in [-0.25, -0.2) is 0 Å². The van der Waals surface area contributed by atoms with Crippen molar-refractivity contribution in [3.05, 3.63) is 64.7 Å². The molecule has 3 fully saturated rings. The van der Waals surface area contributed by atoms with Gasteiger partial charge in [0.2, 0.25) is 17.7 Å². The van der Waals surface area contributed by atoms with E-state index in [9.17, 15) is 19.2 Å². The fraction of sp³-hybridized carbons (Fsp3) is 0.429. The first-order valence-corrected chi connectivity index (χ1v) is 12.7. The Bertz CT molecular complexity index is 1260. The van der Waals surface area contributed by atoms with Crippen LogP contribution in [0.2, 0.25) is 0 Å². The Morgan fingerprint density at radius 3 is 2.70 bits per heavy atom. The van der Waals surface area contributed by atoms with E-state index in [4.69, 9.17) is 4.74 Å². The quantitative estimate of drug-likeness (QED) is 0.639. The largest absolute Gasteiger partial charge is 0.496 e. The molecule has 0 radical (unpaired) electrons. The maximum Gasteiger partial charge on any atom is 0.251 e. The number of methoxy groups -OCH3 is 1. The summed E-state index contributed by atoms with van der Waals surface area (Å²) in [4.78, 5) is 56.3. The fourth-order valence-electron chi connectivity index (χ4n) is 5.77. The third-order valence-corrected chi connectivity index (χ3v) is 7.69. The monoisotopic (exact) mass is 504 g/mol. The summed E-state index contributed by atoms with van der Waals surface area (Å²) in [6.45, 7) is 4.42. The van der Waals surface area contributed by atoms with Crippen molar-refractivity contribution in [3.8, 4) is 5.75 Å². The van der Waals surface area contributed by atoms with E-state index in [0.717, 1.165) is 16.7 Å². The average Bonchev–Trinajstić information content (AvgIpc) is 3.48. The molecule has 2 aromatic carbocycles. The van der Waals surface area contributed by atoms with Gasteiger partial charge in [-0.2, -0.15) is 0 Å². The summed E-state index contributed by atoms with van der Waals surface area (Å²) < 4.78 is 5.38. The van der Waals surface area contributed by atoms with Gasteiger partial charge in [0.15, 0.2) is 0 Å². The van der Waals surface area contributed by atoms with E-state index in [1.165, 1.54) is 0 Å². The fourth-order valence-corrected chi connectivity index (χ4v) is 5.77. The van der Waals surface area contributed by atoms with Gasteiger partial charge in [-0.1, -0.05) is 35.9 Å². The Balaban J connectivity index is 1.32. The molecule has 2 N–H and O–H groups in total. The molecular formula is C28H32N4O5. The predicted octanol–water partition coefficient (Wildman–Crippen LogP) is 1.35. The van der Waals surface area contributed by atoms with Crippen LogP contribution in [0.5, 0.6) is 5.75 Å². The minimum atomic E-state index is -0.760. The maximum atomic E-state index is 13.7. The number of fused-ring (bicyclic) bond motifs is 2. The van der Waals surface area contributed by atoms with E-state index in [2.05, 4.69) is 10.6 Å². The molecule has 0 bridgehead atoms. The van der Waals surface area contributed by atoms with Gasteiger partial charge in [-0.05, 0) is 44.4 Å². The number of amides is 4. The van der Waals surface area contributed by atoms with Gasteiger partial charge >= 0.3 is 0 Å². The smallest absolute Gasteiger partial charge is 0.251 e. The van der Waals surface area contributed by atoms with Crippen molar-refractivity contribution >= 4 is 23.6 Å². The molecule has 0 aliphatic carbocycles. The molecule has 4 atom stereocenters. The highest BCUT2D eigenvalue weighted by Gasteiger charge is 2.52. The summed E-state index contributed by atoms with van der Waals surface area (Å²) in [5, 5.41) is 6.02. The second-order valence-electron chi connectivity index (χ2n) is 10.2. The Labute approximate surface area is 216 Å². The first-order valence-electron chi connectivity index (χ1n) is 12.7. The van der Waals surface area contributed by atoms with E-state index in [1.807, 2.05) is 50.2 Å². The molecule has 0 saturated carbocycles. The zero-order valence-corrected chi connectivity index (χ0v) is 21.3. The lowest BCUT2D eigenvalue weighted by Crippen LogP contribution is -2.53. The summed E-state index contributed by atoms with van der Waals surface area (Å²) in [6.07, 6.45) is 0.961. The van der Waals surface area contributed by atoms with Gasteiger partial charge in [-0.3, -0.25) is 19.2 Å². The molecule has 9 heteroatoms. The summed E-state index contributed by atoms with van der Waals surface area (Å²) in [6, 6.07) is 10.8. The van der Waals surface area contributed by atoms with Crippen molar-refractivity contribution in [3.63, 3.8) is 0 Å². The second-order valence-corrected chi connectivity index (χ2v) is 10.2. The number of benzene rings is 2. The van der Waals surface area contributed by atoms with Crippen molar-refractivity contribution in [2.24, 2.45) is 0 Å². The van der Waals surface area contributed by atoms with Crippen LogP contribution in [0, 0.1) is 13.8 Å². The van der Waals surface area contributed by atoms with Gasteiger partial charge in [0.25, 0.3) is 5.91 Å². The number of carbonyl (C=O) groups excluding carboxylic acids is 4. The summed E-state index contributed by atoms with van der Waals surface area (Å²) in [7, 11) is 1.56. The number of carbonyl (C=O) groups is 4. The van der Waals surface area contributed by atoms with Crippen LogP contribution >= 0.6 is 0 Å². The lowest BCUT2D eigenvalue weighted by molar-refractivity contribution is -0.144. The SMILES string of the molecule is COc1ccccc1CC(=O)N1CCC2NC(=O)C3CC(NC(=O)c4cc(C)ccc4C)CN3C(=O)C21. The topological polar surface area (TPSA) is 108 Å². The van der Waals surface area contributed by atoms with Crippen LogP contribution in [0.1, 0.15) is 39.9 Å². The number of likely N-dealkylation sites (tertiary alicyclic amines) is 1. The Morgan fingerprint density at radius 1 is 1.14 bits per heavy atom. The molecule has 4 amide bonds. The Hall–Kier alpha value is -3.88. The number of nitrogens with one attached hydrogen (secondary N) is 2. The minimum Gasteiger partial charge on any atom is -0.496 e.